The second-order valence-corrected chi connectivity index (χ2v) is 4.10. The van der Waals surface area contributed by atoms with E-state index in [0.29, 0.717) is 13.0 Å². The van der Waals surface area contributed by atoms with Crippen LogP contribution >= 0.6 is 0 Å². The van der Waals surface area contributed by atoms with Gasteiger partial charge in [0.25, 0.3) is 0 Å². The molecule has 0 spiro atoms. The van der Waals surface area contributed by atoms with Crippen molar-refractivity contribution in [3.63, 3.8) is 0 Å². The van der Waals surface area contributed by atoms with Crippen LogP contribution in [0.5, 0.6) is 0 Å². The minimum Gasteiger partial charge on any atom is -0.479 e. The minimum atomic E-state index is -0.958. The molecule has 1 heterocycles. The van der Waals surface area contributed by atoms with Gasteiger partial charge < -0.3 is 14.7 Å². The van der Waals surface area contributed by atoms with Crippen molar-refractivity contribution in [3.05, 3.63) is 48.4 Å². The van der Waals surface area contributed by atoms with Crippen LogP contribution < -0.4 is 5.59 Å². The molecule has 102 valence electrons. The minimum absolute atomic E-state index is 0.289. The number of carbonyl (C=O) groups is 1. The molecule has 0 amide bonds. The number of hydrazine groups is 1. The average molecular weight is 264 g/mol. The molecule has 2 N–H and O–H groups in total. The Balaban J connectivity index is 1.79. The summed E-state index contributed by atoms with van der Waals surface area (Å²) in [5, 5.41) is 10.8. The SMILES string of the molecule is O=C(O)C(CCN1C=CON1)OCc1ccccc1. The molecule has 1 aliphatic heterocycles. The summed E-state index contributed by atoms with van der Waals surface area (Å²) in [5.41, 5.74) is 3.55. The van der Waals surface area contributed by atoms with Crippen LogP contribution in [0.1, 0.15) is 12.0 Å². The summed E-state index contributed by atoms with van der Waals surface area (Å²) in [6.07, 6.45) is 2.70. The number of carboxylic acid groups (broad SMARTS) is 1. The van der Waals surface area contributed by atoms with Crippen LogP contribution in [0.4, 0.5) is 0 Å². The third kappa shape index (κ3) is 4.27. The van der Waals surface area contributed by atoms with E-state index in [0.717, 1.165) is 5.56 Å². The number of hydrogen-bond donors (Lipinski definition) is 2. The average Bonchev–Trinajstić information content (AvgIpc) is 2.92. The number of benzene rings is 1. The van der Waals surface area contributed by atoms with E-state index in [4.69, 9.17) is 14.7 Å². The van der Waals surface area contributed by atoms with Gasteiger partial charge in [-0.15, -0.1) is 0 Å². The Morgan fingerprint density at radius 3 is 2.84 bits per heavy atom. The Kier molecular flexibility index (Phi) is 4.77. The van der Waals surface area contributed by atoms with Crippen molar-refractivity contribution in [3.8, 4) is 0 Å². The molecule has 1 atom stereocenters. The molecule has 0 aliphatic carbocycles. The molecule has 0 radical (unpaired) electrons. The summed E-state index contributed by atoms with van der Waals surface area (Å²) in [7, 11) is 0. The normalized spacial score (nSPS) is 15.3. The molecule has 0 saturated carbocycles. The molecular weight excluding hydrogens is 248 g/mol. The molecule has 0 saturated heterocycles. The molecular formula is C13H16N2O4. The highest BCUT2D eigenvalue weighted by Crippen LogP contribution is 2.08. The summed E-state index contributed by atoms with van der Waals surface area (Å²) >= 11 is 0. The highest BCUT2D eigenvalue weighted by Gasteiger charge is 2.19. The Morgan fingerprint density at radius 1 is 1.42 bits per heavy atom. The highest BCUT2D eigenvalue weighted by molar-refractivity contribution is 5.72. The molecule has 6 nitrogen and oxygen atoms in total. The van der Waals surface area contributed by atoms with Crippen LogP contribution in [0.3, 0.4) is 0 Å². The van der Waals surface area contributed by atoms with Crippen LogP contribution in [0, 0.1) is 0 Å². The fourth-order valence-corrected chi connectivity index (χ4v) is 1.66. The largest absolute Gasteiger partial charge is 0.479 e. The van der Waals surface area contributed by atoms with E-state index >= 15 is 0 Å². The molecule has 1 unspecified atom stereocenters. The fraction of sp³-hybridized carbons (Fsp3) is 0.308. The Bertz CT molecular complexity index is 436. The zero-order valence-corrected chi connectivity index (χ0v) is 10.4. The lowest BCUT2D eigenvalue weighted by Crippen LogP contribution is -2.33. The van der Waals surface area contributed by atoms with Gasteiger partial charge in [0.05, 0.1) is 12.8 Å². The number of ether oxygens (including phenoxy) is 1. The quantitative estimate of drug-likeness (QED) is 0.772. The summed E-state index contributed by atoms with van der Waals surface area (Å²) in [5.74, 6) is -0.958. The van der Waals surface area contributed by atoms with Gasteiger partial charge in [0.1, 0.15) is 6.26 Å². The number of rotatable bonds is 7. The predicted molar refractivity (Wildman–Crippen MR) is 67.3 cm³/mol. The van der Waals surface area contributed by atoms with Crippen LogP contribution in [-0.2, 0) is 21.0 Å². The third-order valence-electron chi connectivity index (χ3n) is 2.68. The molecule has 1 aromatic rings. The Labute approximate surface area is 111 Å². The van der Waals surface area contributed by atoms with Gasteiger partial charge in [0.2, 0.25) is 0 Å². The monoisotopic (exact) mass is 264 g/mol. The highest BCUT2D eigenvalue weighted by atomic mass is 16.7. The number of carboxylic acids is 1. The molecule has 1 aromatic carbocycles. The molecule has 0 aromatic heterocycles. The smallest absolute Gasteiger partial charge is 0.332 e. The van der Waals surface area contributed by atoms with Crippen molar-refractivity contribution in [2.45, 2.75) is 19.1 Å². The van der Waals surface area contributed by atoms with E-state index in [1.807, 2.05) is 30.3 Å². The van der Waals surface area contributed by atoms with Crippen LogP contribution in [0.2, 0.25) is 0 Å². The topological polar surface area (TPSA) is 71.0 Å². The van der Waals surface area contributed by atoms with E-state index in [-0.39, 0.29) is 6.61 Å². The second-order valence-electron chi connectivity index (χ2n) is 4.10. The molecule has 19 heavy (non-hydrogen) atoms. The van der Waals surface area contributed by atoms with Gasteiger partial charge in [-0.3, -0.25) is 5.01 Å². The third-order valence-corrected chi connectivity index (χ3v) is 2.68. The van der Waals surface area contributed by atoms with Gasteiger partial charge in [0.15, 0.2) is 6.10 Å². The van der Waals surface area contributed by atoms with Gasteiger partial charge in [-0.2, -0.15) is 0 Å². The number of nitrogens with zero attached hydrogens (tertiary/aromatic N) is 1. The van der Waals surface area contributed by atoms with Gasteiger partial charge >= 0.3 is 5.97 Å². The molecule has 2 rings (SSSR count). The maximum Gasteiger partial charge on any atom is 0.332 e. The fourth-order valence-electron chi connectivity index (χ4n) is 1.66. The predicted octanol–water partition coefficient (Wildman–Crippen LogP) is 1.27. The lowest BCUT2D eigenvalue weighted by atomic mass is 10.2. The van der Waals surface area contributed by atoms with E-state index in [1.165, 1.54) is 6.26 Å². The van der Waals surface area contributed by atoms with Crippen LogP contribution in [-0.4, -0.2) is 28.7 Å². The van der Waals surface area contributed by atoms with Crippen molar-refractivity contribution in [1.29, 1.82) is 0 Å². The second kappa shape index (κ2) is 6.77. The van der Waals surface area contributed by atoms with E-state index in [1.54, 1.807) is 11.2 Å². The summed E-state index contributed by atoms with van der Waals surface area (Å²) in [6.45, 7) is 0.778. The number of aliphatic carboxylic acids is 1. The summed E-state index contributed by atoms with van der Waals surface area (Å²) in [4.78, 5) is 15.9. The molecule has 1 aliphatic rings. The zero-order valence-electron chi connectivity index (χ0n) is 10.4. The van der Waals surface area contributed by atoms with E-state index in [9.17, 15) is 4.79 Å². The lowest BCUT2D eigenvalue weighted by molar-refractivity contribution is -0.152. The van der Waals surface area contributed by atoms with Crippen LogP contribution in [0.25, 0.3) is 0 Å². The van der Waals surface area contributed by atoms with Crippen LogP contribution in [0.15, 0.2) is 42.8 Å². The Hall–Kier alpha value is -2.05. The Morgan fingerprint density at radius 2 is 2.21 bits per heavy atom. The first kappa shape index (κ1) is 13.4. The van der Waals surface area contributed by atoms with E-state index < -0.39 is 12.1 Å². The first-order valence-corrected chi connectivity index (χ1v) is 5.98. The summed E-state index contributed by atoms with van der Waals surface area (Å²) in [6, 6.07) is 9.49. The standard InChI is InChI=1S/C13H16N2O4/c16-13(17)12(6-7-15-8-9-19-14-15)18-10-11-4-2-1-3-5-11/h1-5,8-9,12,14H,6-7,10H2,(H,16,17). The first-order chi connectivity index (χ1) is 9.25. The van der Waals surface area contributed by atoms with Crippen molar-refractivity contribution in [2.75, 3.05) is 6.54 Å². The summed E-state index contributed by atoms with van der Waals surface area (Å²) < 4.78 is 5.43. The maximum absolute atomic E-state index is 11.1. The van der Waals surface area contributed by atoms with E-state index in [2.05, 4.69) is 5.59 Å². The molecule has 0 bridgehead atoms. The first-order valence-electron chi connectivity index (χ1n) is 5.98. The number of nitrogens with one attached hydrogen (secondary N) is 1. The van der Waals surface area contributed by atoms with Crippen molar-refractivity contribution in [1.82, 2.24) is 10.6 Å². The van der Waals surface area contributed by atoms with Crippen molar-refractivity contribution < 1.29 is 19.5 Å². The number of hydrogen-bond acceptors (Lipinski definition) is 5. The molecule has 6 heteroatoms. The van der Waals surface area contributed by atoms with Gasteiger partial charge in [-0.25, -0.2) is 4.79 Å². The van der Waals surface area contributed by atoms with Crippen molar-refractivity contribution >= 4 is 5.97 Å². The zero-order chi connectivity index (χ0) is 13.5. The lowest BCUT2D eigenvalue weighted by Gasteiger charge is -2.18. The molecule has 0 fully saturated rings. The van der Waals surface area contributed by atoms with Gasteiger partial charge in [0, 0.05) is 13.0 Å². The maximum atomic E-state index is 11.1. The van der Waals surface area contributed by atoms with Gasteiger partial charge in [-0.05, 0) is 5.56 Å². The van der Waals surface area contributed by atoms with Gasteiger partial charge in [-0.1, -0.05) is 35.9 Å². The van der Waals surface area contributed by atoms with Crippen molar-refractivity contribution in [2.24, 2.45) is 0 Å².